The second-order valence-electron chi connectivity index (χ2n) is 8.35. The Morgan fingerprint density at radius 2 is 1.76 bits per heavy atom. The van der Waals surface area contributed by atoms with Crippen LogP contribution in [0.5, 0.6) is 0 Å². The second kappa shape index (κ2) is 6.86. The van der Waals surface area contributed by atoms with E-state index in [0.29, 0.717) is 10.9 Å². The van der Waals surface area contributed by atoms with Gasteiger partial charge in [0.1, 0.15) is 0 Å². The molecule has 1 amide bonds. The maximum absolute atomic E-state index is 12.3. The zero-order valence-electron chi connectivity index (χ0n) is 15.6. The van der Waals surface area contributed by atoms with Gasteiger partial charge in [-0.3, -0.25) is 19.1 Å². The van der Waals surface area contributed by atoms with Crippen molar-refractivity contribution < 1.29 is 4.79 Å². The van der Waals surface area contributed by atoms with Crippen LogP contribution in [0.2, 0.25) is 0 Å². The molecule has 0 aliphatic carbocycles. The summed E-state index contributed by atoms with van der Waals surface area (Å²) >= 11 is 0. The number of fused-ring (bicyclic) bond motifs is 1. The Balaban J connectivity index is 2.14. The van der Waals surface area contributed by atoms with Crippen LogP contribution in [-0.2, 0) is 11.3 Å². The van der Waals surface area contributed by atoms with E-state index in [4.69, 9.17) is 0 Å². The maximum Gasteiger partial charge on any atom is 0.328 e. The molecule has 6 nitrogen and oxygen atoms in total. The minimum absolute atomic E-state index is 0.100. The lowest BCUT2D eigenvalue weighted by Crippen LogP contribution is -2.46. The van der Waals surface area contributed by atoms with E-state index in [1.807, 2.05) is 13.8 Å². The van der Waals surface area contributed by atoms with Crippen molar-refractivity contribution >= 4 is 16.8 Å². The molecular weight excluding hydrogens is 318 g/mol. The molecule has 25 heavy (non-hydrogen) atoms. The SMILES string of the molecule is CC(C)(C)CC(C)(C)NC(=O)CCn1c(=O)[nH]c(=O)c2ccccc21. The van der Waals surface area contributed by atoms with Crippen molar-refractivity contribution in [2.45, 2.75) is 59.5 Å². The van der Waals surface area contributed by atoms with Gasteiger partial charge in [0.15, 0.2) is 0 Å². The number of hydrogen-bond donors (Lipinski definition) is 2. The summed E-state index contributed by atoms with van der Waals surface area (Å²) in [6, 6.07) is 6.89. The molecule has 136 valence electrons. The quantitative estimate of drug-likeness (QED) is 0.873. The van der Waals surface area contributed by atoms with Crippen molar-refractivity contribution in [3.63, 3.8) is 0 Å². The third-order valence-corrected chi connectivity index (χ3v) is 3.92. The Kier molecular flexibility index (Phi) is 5.20. The lowest BCUT2D eigenvalue weighted by atomic mass is 9.82. The summed E-state index contributed by atoms with van der Waals surface area (Å²) < 4.78 is 1.44. The molecule has 6 heteroatoms. The molecule has 0 atom stereocenters. The normalized spacial score (nSPS) is 12.4. The predicted octanol–water partition coefficient (Wildman–Crippen LogP) is 2.41. The summed E-state index contributed by atoms with van der Waals surface area (Å²) in [5.41, 5.74) is -0.591. The first-order chi connectivity index (χ1) is 11.5. The maximum atomic E-state index is 12.3. The smallest absolute Gasteiger partial charge is 0.328 e. The summed E-state index contributed by atoms with van der Waals surface area (Å²) in [6.07, 6.45) is 1.01. The number of rotatable bonds is 5. The molecular formula is C19H27N3O3. The van der Waals surface area contributed by atoms with E-state index in [9.17, 15) is 14.4 Å². The van der Waals surface area contributed by atoms with Crippen molar-refractivity contribution in [3.8, 4) is 0 Å². The average Bonchev–Trinajstić information content (AvgIpc) is 2.43. The standard InChI is InChI=1S/C19H27N3O3/c1-18(2,3)12-19(4,5)21-15(23)10-11-22-14-9-7-6-8-13(14)16(24)20-17(22)25/h6-9H,10-12H2,1-5H3,(H,21,23)(H,20,24,25). The van der Waals surface area contributed by atoms with E-state index in [0.717, 1.165) is 6.42 Å². The number of amides is 1. The van der Waals surface area contributed by atoms with Gasteiger partial charge in [0.2, 0.25) is 5.91 Å². The van der Waals surface area contributed by atoms with Gasteiger partial charge >= 0.3 is 5.69 Å². The number of aromatic amines is 1. The van der Waals surface area contributed by atoms with Crippen LogP contribution in [0, 0.1) is 5.41 Å². The minimum Gasteiger partial charge on any atom is -0.351 e. The molecule has 0 spiro atoms. The molecule has 0 radical (unpaired) electrons. The number of aromatic nitrogens is 2. The van der Waals surface area contributed by atoms with Gasteiger partial charge in [0.05, 0.1) is 10.9 Å². The summed E-state index contributed by atoms with van der Waals surface area (Å²) in [5, 5.41) is 3.48. The predicted molar refractivity (Wildman–Crippen MR) is 99.7 cm³/mol. The van der Waals surface area contributed by atoms with Gasteiger partial charge < -0.3 is 5.32 Å². The molecule has 0 fully saturated rings. The van der Waals surface area contributed by atoms with Gasteiger partial charge in [-0.05, 0) is 37.8 Å². The minimum atomic E-state index is -0.495. The molecule has 0 aliphatic heterocycles. The van der Waals surface area contributed by atoms with E-state index < -0.39 is 11.2 Å². The van der Waals surface area contributed by atoms with E-state index >= 15 is 0 Å². The Morgan fingerprint density at radius 3 is 2.40 bits per heavy atom. The van der Waals surface area contributed by atoms with Crippen LogP contribution in [0.3, 0.4) is 0 Å². The second-order valence-corrected chi connectivity index (χ2v) is 8.35. The number of hydrogen-bond acceptors (Lipinski definition) is 3. The Labute approximate surface area is 147 Å². The van der Waals surface area contributed by atoms with E-state index in [1.54, 1.807) is 24.3 Å². The van der Waals surface area contributed by atoms with Gasteiger partial charge in [-0.15, -0.1) is 0 Å². The van der Waals surface area contributed by atoms with Crippen LogP contribution >= 0.6 is 0 Å². The number of benzene rings is 1. The number of aryl methyl sites for hydroxylation is 1. The number of H-pyrrole nitrogens is 1. The molecule has 2 aromatic rings. The highest BCUT2D eigenvalue weighted by Gasteiger charge is 2.26. The van der Waals surface area contributed by atoms with Crippen molar-refractivity contribution in [1.29, 1.82) is 0 Å². The van der Waals surface area contributed by atoms with Gasteiger partial charge in [-0.25, -0.2) is 4.79 Å². The molecule has 0 saturated carbocycles. The Morgan fingerprint density at radius 1 is 1.12 bits per heavy atom. The van der Waals surface area contributed by atoms with Crippen LogP contribution in [0.1, 0.15) is 47.5 Å². The molecule has 0 unspecified atom stereocenters. The van der Waals surface area contributed by atoms with Gasteiger partial charge in [-0.1, -0.05) is 32.9 Å². The first-order valence-corrected chi connectivity index (χ1v) is 8.51. The first kappa shape index (κ1) is 19.0. The topological polar surface area (TPSA) is 84.0 Å². The molecule has 2 N–H and O–H groups in total. The summed E-state index contributed by atoms with van der Waals surface area (Å²) in [4.78, 5) is 38.6. The van der Waals surface area contributed by atoms with Gasteiger partial charge in [-0.2, -0.15) is 0 Å². The van der Waals surface area contributed by atoms with E-state index in [-0.39, 0.29) is 29.8 Å². The highest BCUT2D eigenvalue weighted by atomic mass is 16.2. The lowest BCUT2D eigenvalue weighted by Gasteiger charge is -2.33. The van der Waals surface area contributed by atoms with Crippen LogP contribution in [0.4, 0.5) is 0 Å². The van der Waals surface area contributed by atoms with Crippen molar-refractivity contribution in [1.82, 2.24) is 14.9 Å². The monoisotopic (exact) mass is 345 g/mol. The number of nitrogens with one attached hydrogen (secondary N) is 2. The fourth-order valence-corrected chi connectivity index (χ4v) is 3.49. The van der Waals surface area contributed by atoms with E-state index in [2.05, 4.69) is 31.1 Å². The number of carbonyl (C=O) groups is 1. The summed E-state index contributed by atoms with van der Waals surface area (Å²) in [6.45, 7) is 10.6. The Bertz CT molecular complexity index is 885. The summed E-state index contributed by atoms with van der Waals surface area (Å²) in [5.74, 6) is -0.114. The number of para-hydroxylation sites is 1. The van der Waals surface area contributed by atoms with Crippen LogP contribution < -0.4 is 16.6 Å². The van der Waals surface area contributed by atoms with E-state index in [1.165, 1.54) is 4.57 Å². The van der Waals surface area contributed by atoms with Crippen molar-refractivity contribution in [2.75, 3.05) is 0 Å². The average molecular weight is 345 g/mol. The molecule has 1 aromatic carbocycles. The third-order valence-electron chi connectivity index (χ3n) is 3.92. The highest BCUT2D eigenvalue weighted by molar-refractivity contribution is 5.79. The van der Waals surface area contributed by atoms with Crippen LogP contribution in [-0.4, -0.2) is 21.0 Å². The van der Waals surface area contributed by atoms with Gasteiger partial charge in [0, 0.05) is 18.5 Å². The number of nitrogens with zero attached hydrogens (tertiary/aromatic N) is 1. The first-order valence-electron chi connectivity index (χ1n) is 8.51. The zero-order valence-corrected chi connectivity index (χ0v) is 15.6. The molecule has 0 bridgehead atoms. The van der Waals surface area contributed by atoms with Crippen LogP contribution in [0.25, 0.3) is 10.9 Å². The van der Waals surface area contributed by atoms with Crippen molar-refractivity contribution in [2.24, 2.45) is 5.41 Å². The molecule has 2 rings (SSSR count). The van der Waals surface area contributed by atoms with Crippen molar-refractivity contribution in [3.05, 3.63) is 45.1 Å². The Hall–Kier alpha value is -2.37. The molecule has 1 aromatic heterocycles. The van der Waals surface area contributed by atoms with Gasteiger partial charge in [0.25, 0.3) is 5.56 Å². The van der Waals surface area contributed by atoms with Crippen LogP contribution in [0.15, 0.2) is 33.9 Å². The fraction of sp³-hybridized carbons (Fsp3) is 0.526. The molecule has 0 aliphatic rings. The molecule has 0 saturated heterocycles. The lowest BCUT2D eigenvalue weighted by molar-refractivity contribution is -0.123. The summed E-state index contributed by atoms with van der Waals surface area (Å²) in [7, 11) is 0. The zero-order chi connectivity index (χ0) is 18.8. The third kappa shape index (κ3) is 5.05. The highest BCUT2D eigenvalue weighted by Crippen LogP contribution is 2.26. The fourth-order valence-electron chi connectivity index (χ4n) is 3.49. The number of carbonyl (C=O) groups excluding carboxylic acids is 1. The largest absolute Gasteiger partial charge is 0.351 e. The molecule has 1 heterocycles.